The average Bonchev–Trinajstić information content (AvgIpc) is 3.59. The number of amides is 1. The Morgan fingerprint density at radius 3 is 2.55 bits per heavy atom. The van der Waals surface area contributed by atoms with Gasteiger partial charge in [-0.1, -0.05) is 36.4 Å². The maximum atomic E-state index is 12.8. The smallest absolute Gasteiger partial charge is 0.335 e. The van der Waals surface area contributed by atoms with Gasteiger partial charge in [0.25, 0.3) is 0 Å². The molecule has 0 aliphatic carbocycles. The Hall–Kier alpha value is -5.05. The third-order valence-electron chi connectivity index (χ3n) is 6.52. The summed E-state index contributed by atoms with van der Waals surface area (Å²) in [6.07, 6.45) is 4.40. The van der Waals surface area contributed by atoms with Crippen molar-refractivity contribution in [1.29, 1.82) is 0 Å². The average molecular weight is 508 g/mol. The Labute approximate surface area is 219 Å². The first-order valence-electron chi connectivity index (χ1n) is 12.1. The summed E-state index contributed by atoms with van der Waals surface area (Å²) in [6, 6.07) is 20.0. The van der Waals surface area contributed by atoms with Gasteiger partial charge in [0.1, 0.15) is 19.2 Å². The molecule has 38 heavy (non-hydrogen) atoms. The number of nitrogens with one attached hydrogen (secondary N) is 1. The normalized spacial score (nSPS) is 13.0. The van der Waals surface area contributed by atoms with Crippen LogP contribution in [0.3, 0.4) is 0 Å². The van der Waals surface area contributed by atoms with Crippen molar-refractivity contribution in [3.63, 3.8) is 0 Å². The second-order valence-corrected chi connectivity index (χ2v) is 8.96. The Bertz CT molecular complexity index is 1540. The number of hydrogen-bond donors (Lipinski definition) is 2. The quantitative estimate of drug-likeness (QED) is 0.210. The summed E-state index contributed by atoms with van der Waals surface area (Å²) in [5, 5.41) is 16.8. The minimum absolute atomic E-state index is 0.0663. The van der Waals surface area contributed by atoms with Gasteiger partial charge in [-0.15, -0.1) is 0 Å². The lowest BCUT2D eigenvalue weighted by Crippen LogP contribution is -2.32. The second-order valence-electron chi connectivity index (χ2n) is 8.96. The molecule has 0 spiro atoms. The molecule has 2 N–H and O–H groups in total. The van der Waals surface area contributed by atoms with E-state index in [1.165, 1.54) is 23.4 Å². The lowest BCUT2D eigenvalue weighted by molar-refractivity contribution is -0.119. The van der Waals surface area contributed by atoms with Gasteiger partial charge in [-0.05, 0) is 65.9 Å². The monoisotopic (exact) mass is 507 g/mol. The molecule has 3 aromatic carbocycles. The van der Waals surface area contributed by atoms with Crippen molar-refractivity contribution < 1.29 is 19.5 Å². The van der Waals surface area contributed by atoms with Crippen molar-refractivity contribution in [3.8, 4) is 0 Å². The summed E-state index contributed by atoms with van der Waals surface area (Å²) in [7, 11) is 0. The van der Waals surface area contributed by atoms with Gasteiger partial charge in [0.15, 0.2) is 6.29 Å². The number of aromatic nitrogens is 3. The largest absolute Gasteiger partial charge is 0.478 e. The van der Waals surface area contributed by atoms with Crippen molar-refractivity contribution in [2.45, 2.75) is 19.9 Å². The molecule has 9 heteroatoms. The molecule has 1 amide bonds. The summed E-state index contributed by atoms with van der Waals surface area (Å²) >= 11 is 0. The first-order chi connectivity index (χ1) is 18.4. The van der Waals surface area contributed by atoms with E-state index in [1.54, 1.807) is 24.0 Å². The van der Waals surface area contributed by atoms with E-state index >= 15 is 0 Å². The number of anilines is 2. The van der Waals surface area contributed by atoms with Crippen LogP contribution in [0.5, 0.6) is 0 Å². The zero-order chi connectivity index (χ0) is 26.6. The van der Waals surface area contributed by atoms with E-state index in [-0.39, 0.29) is 18.0 Å². The molecule has 1 aliphatic rings. The van der Waals surface area contributed by atoms with Gasteiger partial charge in [0.2, 0.25) is 5.91 Å². The van der Waals surface area contributed by atoms with Gasteiger partial charge < -0.3 is 15.3 Å². The standard InChI is InChI=1S/C29H25N5O4/c1-19-13-22(29(37)38)7-9-24(19)25(16-35)28(20-5-3-2-4-6-20)32-23-8-10-26-21(14-23)11-12-34(26)27(36)15-33-18-30-17-31-33/h2-10,13-14,16-18,32H,11-12,15H2,1H3,(H,37,38)/b28-25+. The van der Waals surface area contributed by atoms with Crippen molar-refractivity contribution in [3.05, 3.63) is 107 Å². The summed E-state index contributed by atoms with van der Waals surface area (Å²) in [6.45, 7) is 2.47. The molecule has 2 heterocycles. The zero-order valence-electron chi connectivity index (χ0n) is 20.7. The molecule has 0 fully saturated rings. The number of carboxylic acid groups (broad SMARTS) is 1. The molecule has 4 aromatic rings. The van der Waals surface area contributed by atoms with E-state index in [2.05, 4.69) is 15.4 Å². The number of allylic oxidation sites excluding steroid dienone is 1. The van der Waals surface area contributed by atoms with Crippen molar-refractivity contribution in [2.75, 3.05) is 16.8 Å². The number of rotatable bonds is 8. The van der Waals surface area contributed by atoms with E-state index < -0.39 is 5.97 Å². The first kappa shape index (κ1) is 24.6. The fourth-order valence-corrected chi connectivity index (χ4v) is 4.68. The Balaban J connectivity index is 1.49. The summed E-state index contributed by atoms with van der Waals surface area (Å²) in [4.78, 5) is 42.3. The van der Waals surface area contributed by atoms with Crippen molar-refractivity contribution >= 4 is 40.8 Å². The number of carbonyl (C=O) groups excluding carboxylic acids is 2. The molecule has 190 valence electrons. The van der Waals surface area contributed by atoms with Crippen LogP contribution in [0.4, 0.5) is 11.4 Å². The number of benzene rings is 3. The maximum Gasteiger partial charge on any atom is 0.335 e. The van der Waals surface area contributed by atoms with Crippen LogP contribution in [0.1, 0.15) is 32.6 Å². The Morgan fingerprint density at radius 1 is 1.05 bits per heavy atom. The van der Waals surface area contributed by atoms with Crippen LogP contribution in [-0.4, -0.2) is 44.6 Å². The number of aryl methyl sites for hydroxylation is 1. The van der Waals surface area contributed by atoms with Crippen LogP contribution in [0, 0.1) is 6.92 Å². The maximum absolute atomic E-state index is 12.8. The highest BCUT2D eigenvalue weighted by Crippen LogP contribution is 2.34. The summed E-state index contributed by atoms with van der Waals surface area (Å²) in [5.41, 5.74) is 5.94. The zero-order valence-corrected chi connectivity index (χ0v) is 20.7. The van der Waals surface area contributed by atoms with Gasteiger partial charge in [0.05, 0.1) is 11.3 Å². The van der Waals surface area contributed by atoms with Gasteiger partial charge in [-0.2, -0.15) is 5.10 Å². The third kappa shape index (κ3) is 4.94. The van der Waals surface area contributed by atoms with E-state index in [9.17, 15) is 19.5 Å². The van der Waals surface area contributed by atoms with Gasteiger partial charge in [-0.25, -0.2) is 14.5 Å². The number of nitrogens with zero attached hydrogens (tertiary/aromatic N) is 4. The summed E-state index contributed by atoms with van der Waals surface area (Å²) < 4.78 is 1.50. The molecular formula is C29H25N5O4. The van der Waals surface area contributed by atoms with Crippen molar-refractivity contribution in [1.82, 2.24) is 14.8 Å². The number of carbonyl (C=O) groups is 3. The number of aromatic carboxylic acids is 1. The Kier molecular flexibility index (Phi) is 6.82. The topological polar surface area (TPSA) is 117 Å². The lowest BCUT2D eigenvalue weighted by Gasteiger charge is -2.19. The number of carboxylic acids is 1. The third-order valence-corrected chi connectivity index (χ3v) is 6.52. The van der Waals surface area contributed by atoms with Crippen LogP contribution >= 0.6 is 0 Å². The van der Waals surface area contributed by atoms with Crippen LogP contribution in [0.2, 0.25) is 0 Å². The molecule has 0 saturated heterocycles. The highest BCUT2D eigenvalue weighted by Gasteiger charge is 2.25. The molecule has 0 bridgehead atoms. The van der Waals surface area contributed by atoms with Crippen LogP contribution < -0.4 is 10.2 Å². The van der Waals surface area contributed by atoms with Crippen LogP contribution in [0.25, 0.3) is 11.3 Å². The Morgan fingerprint density at radius 2 is 1.87 bits per heavy atom. The summed E-state index contributed by atoms with van der Waals surface area (Å²) in [5.74, 6) is -1.09. The number of hydrogen-bond acceptors (Lipinski definition) is 6. The molecule has 0 unspecified atom stereocenters. The minimum Gasteiger partial charge on any atom is -0.478 e. The minimum atomic E-state index is -1.02. The SMILES string of the molecule is Cc1cc(C(=O)O)ccc1/C(C=O)=C(/Nc1ccc2c(c1)CCN2C(=O)Cn1cncn1)c1ccccc1. The van der Waals surface area contributed by atoms with Crippen molar-refractivity contribution in [2.24, 2.45) is 0 Å². The van der Waals surface area contributed by atoms with E-state index in [1.807, 2.05) is 48.5 Å². The molecule has 1 aromatic heterocycles. The fraction of sp³-hybridized carbons (Fsp3) is 0.138. The van der Waals surface area contributed by atoms with Crippen LogP contribution in [0.15, 0.2) is 79.4 Å². The van der Waals surface area contributed by atoms with Gasteiger partial charge in [0, 0.05) is 23.5 Å². The molecule has 5 rings (SSSR count). The van der Waals surface area contributed by atoms with E-state index in [4.69, 9.17) is 0 Å². The van der Waals surface area contributed by atoms with E-state index in [0.717, 1.165) is 28.8 Å². The molecule has 0 atom stereocenters. The van der Waals surface area contributed by atoms with Gasteiger partial charge in [-0.3, -0.25) is 9.59 Å². The molecule has 9 nitrogen and oxygen atoms in total. The highest BCUT2D eigenvalue weighted by molar-refractivity contribution is 6.19. The molecule has 0 saturated carbocycles. The van der Waals surface area contributed by atoms with E-state index in [0.29, 0.717) is 35.4 Å². The molecular weight excluding hydrogens is 482 g/mol. The van der Waals surface area contributed by atoms with Gasteiger partial charge >= 0.3 is 5.97 Å². The fourth-order valence-electron chi connectivity index (χ4n) is 4.68. The number of aldehydes is 1. The predicted octanol–water partition coefficient (Wildman–Crippen LogP) is 4.05. The number of fused-ring (bicyclic) bond motifs is 1. The highest BCUT2D eigenvalue weighted by atomic mass is 16.4. The lowest BCUT2D eigenvalue weighted by atomic mass is 9.95. The predicted molar refractivity (Wildman–Crippen MR) is 144 cm³/mol. The molecule has 0 radical (unpaired) electrons. The first-order valence-corrected chi connectivity index (χ1v) is 12.1. The van der Waals surface area contributed by atoms with Crippen LogP contribution in [-0.2, 0) is 22.6 Å². The molecule has 1 aliphatic heterocycles. The second kappa shape index (κ2) is 10.5.